The molecular weight excluding hydrogens is 220 g/mol. The van der Waals surface area contributed by atoms with Crippen LogP contribution in [0.15, 0.2) is 24.3 Å². The second kappa shape index (κ2) is 5.31. The third-order valence-electron chi connectivity index (χ3n) is 4.23. The number of piperidine rings is 1. The van der Waals surface area contributed by atoms with Crippen molar-refractivity contribution < 1.29 is 0 Å². The van der Waals surface area contributed by atoms with Crippen LogP contribution in [-0.2, 0) is 0 Å². The number of nitrogens with zero attached hydrogens (tertiary/aromatic N) is 1. The topological polar surface area (TPSA) is 29.3 Å². The number of para-hydroxylation sites is 1. The average molecular weight is 246 g/mol. The molecule has 0 spiro atoms. The maximum absolute atomic E-state index is 6.23. The van der Waals surface area contributed by atoms with Crippen LogP contribution in [-0.4, -0.2) is 13.1 Å². The Labute approximate surface area is 111 Å². The summed E-state index contributed by atoms with van der Waals surface area (Å²) >= 11 is 0. The van der Waals surface area contributed by atoms with Gasteiger partial charge < -0.3 is 10.6 Å². The second-order valence-corrected chi connectivity index (χ2v) is 6.22. The quantitative estimate of drug-likeness (QED) is 0.880. The lowest BCUT2D eigenvalue weighted by molar-refractivity contribution is 0.279. The van der Waals surface area contributed by atoms with Crippen LogP contribution in [0.25, 0.3) is 0 Å². The van der Waals surface area contributed by atoms with Crippen molar-refractivity contribution in [2.24, 2.45) is 11.1 Å². The fourth-order valence-electron chi connectivity index (χ4n) is 2.66. The van der Waals surface area contributed by atoms with Crippen molar-refractivity contribution in [3.05, 3.63) is 29.8 Å². The molecule has 0 saturated carbocycles. The number of hydrogen-bond acceptors (Lipinski definition) is 2. The lowest BCUT2D eigenvalue weighted by atomic mass is 9.82. The molecule has 1 aliphatic heterocycles. The van der Waals surface area contributed by atoms with Crippen molar-refractivity contribution in [1.82, 2.24) is 0 Å². The Bertz CT molecular complexity index is 388. The van der Waals surface area contributed by atoms with Gasteiger partial charge in [-0.2, -0.15) is 0 Å². The van der Waals surface area contributed by atoms with Crippen LogP contribution in [0.1, 0.15) is 51.6 Å². The number of rotatable bonds is 3. The molecule has 1 heterocycles. The SMILES string of the molecule is CC[C@@H](N)c1ccccc1N1CCC(C)(C)CC1. The number of nitrogens with two attached hydrogens (primary N) is 1. The van der Waals surface area contributed by atoms with Crippen LogP contribution in [0.3, 0.4) is 0 Å². The summed E-state index contributed by atoms with van der Waals surface area (Å²) < 4.78 is 0. The first-order valence-electron chi connectivity index (χ1n) is 7.13. The fraction of sp³-hybridized carbons (Fsp3) is 0.625. The minimum absolute atomic E-state index is 0.163. The van der Waals surface area contributed by atoms with E-state index in [1.165, 1.54) is 24.1 Å². The molecular formula is C16H26N2. The van der Waals surface area contributed by atoms with Crippen molar-refractivity contribution in [1.29, 1.82) is 0 Å². The molecule has 1 aliphatic rings. The van der Waals surface area contributed by atoms with Gasteiger partial charge in [-0.25, -0.2) is 0 Å². The zero-order valence-corrected chi connectivity index (χ0v) is 11.9. The van der Waals surface area contributed by atoms with Crippen LogP contribution in [0.5, 0.6) is 0 Å². The van der Waals surface area contributed by atoms with Crippen molar-refractivity contribution in [2.75, 3.05) is 18.0 Å². The van der Waals surface area contributed by atoms with E-state index < -0.39 is 0 Å². The minimum atomic E-state index is 0.163. The lowest BCUT2D eigenvalue weighted by Crippen LogP contribution is -2.38. The van der Waals surface area contributed by atoms with Gasteiger partial charge in [0.15, 0.2) is 0 Å². The summed E-state index contributed by atoms with van der Waals surface area (Å²) in [5.41, 5.74) is 9.38. The van der Waals surface area contributed by atoms with Crippen LogP contribution >= 0.6 is 0 Å². The van der Waals surface area contributed by atoms with Crippen LogP contribution < -0.4 is 10.6 Å². The van der Waals surface area contributed by atoms with E-state index in [2.05, 4.69) is 49.9 Å². The van der Waals surface area contributed by atoms with Gasteiger partial charge in [0, 0.05) is 24.8 Å². The molecule has 0 radical (unpaired) electrons. The third-order valence-corrected chi connectivity index (χ3v) is 4.23. The number of anilines is 1. The van der Waals surface area contributed by atoms with E-state index in [0.29, 0.717) is 5.41 Å². The molecule has 2 heteroatoms. The highest BCUT2D eigenvalue weighted by molar-refractivity contribution is 5.55. The van der Waals surface area contributed by atoms with E-state index in [-0.39, 0.29) is 6.04 Å². The molecule has 1 fully saturated rings. The van der Waals surface area contributed by atoms with Crippen molar-refractivity contribution in [3.63, 3.8) is 0 Å². The predicted molar refractivity (Wildman–Crippen MR) is 78.9 cm³/mol. The van der Waals surface area contributed by atoms with Crippen molar-refractivity contribution >= 4 is 5.69 Å². The van der Waals surface area contributed by atoms with E-state index in [1.807, 2.05) is 0 Å². The number of hydrogen-bond donors (Lipinski definition) is 1. The van der Waals surface area contributed by atoms with Crippen molar-refractivity contribution in [2.45, 2.75) is 46.1 Å². The smallest absolute Gasteiger partial charge is 0.0414 e. The first-order valence-corrected chi connectivity index (χ1v) is 7.13. The molecule has 100 valence electrons. The largest absolute Gasteiger partial charge is 0.371 e. The molecule has 0 aromatic heterocycles. The van der Waals surface area contributed by atoms with E-state index in [4.69, 9.17) is 5.73 Å². The van der Waals surface area contributed by atoms with Crippen LogP contribution in [0.2, 0.25) is 0 Å². The highest BCUT2D eigenvalue weighted by Crippen LogP contribution is 2.34. The van der Waals surface area contributed by atoms with Gasteiger partial charge in [-0.15, -0.1) is 0 Å². The molecule has 1 aromatic carbocycles. The molecule has 2 rings (SSSR count). The van der Waals surface area contributed by atoms with Crippen LogP contribution in [0.4, 0.5) is 5.69 Å². The molecule has 1 saturated heterocycles. The number of benzene rings is 1. The molecule has 2 nitrogen and oxygen atoms in total. The Morgan fingerprint density at radius 2 is 1.83 bits per heavy atom. The summed E-state index contributed by atoms with van der Waals surface area (Å²) in [5, 5.41) is 0. The standard InChI is InChI=1S/C16H26N2/c1-4-14(17)13-7-5-6-8-15(13)18-11-9-16(2,3)10-12-18/h5-8,14H,4,9-12,17H2,1-3H3/t14-/m1/s1. The van der Waals surface area contributed by atoms with E-state index in [1.54, 1.807) is 0 Å². The molecule has 18 heavy (non-hydrogen) atoms. The summed E-state index contributed by atoms with van der Waals surface area (Å²) in [4.78, 5) is 2.51. The lowest BCUT2D eigenvalue weighted by Gasteiger charge is -2.39. The summed E-state index contributed by atoms with van der Waals surface area (Å²) in [7, 11) is 0. The Morgan fingerprint density at radius 1 is 1.22 bits per heavy atom. The van der Waals surface area contributed by atoms with Crippen molar-refractivity contribution in [3.8, 4) is 0 Å². The zero-order valence-electron chi connectivity index (χ0n) is 11.9. The van der Waals surface area contributed by atoms with E-state index in [0.717, 1.165) is 19.5 Å². The Morgan fingerprint density at radius 3 is 2.44 bits per heavy atom. The van der Waals surface area contributed by atoms with Gasteiger partial charge in [0.25, 0.3) is 0 Å². The van der Waals surface area contributed by atoms with Gasteiger partial charge in [-0.05, 0) is 36.3 Å². The summed E-state index contributed by atoms with van der Waals surface area (Å²) in [6, 6.07) is 8.80. The van der Waals surface area contributed by atoms with Gasteiger partial charge in [0.2, 0.25) is 0 Å². The van der Waals surface area contributed by atoms with E-state index in [9.17, 15) is 0 Å². The molecule has 1 atom stereocenters. The minimum Gasteiger partial charge on any atom is -0.371 e. The van der Waals surface area contributed by atoms with Gasteiger partial charge in [-0.3, -0.25) is 0 Å². The molecule has 1 aromatic rings. The third kappa shape index (κ3) is 2.86. The van der Waals surface area contributed by atoms with E-state index >= 15 is 0 Å². The van der Waals surface area contributed by atoms with Crippen LogP contribution in [0, 0.1) is 5.41 Å². The monoisotopic (exact) mass is 246 g/mol. The van der Waals surface area contributed by atoms with Gasteiger partial charge in [-0.1, -0.05) is 39.0 Å². The normalized spacial score (nSPS) is 20.8. The highest BCUT2D eigenvalue weighted by Gasteiger charge is 2.26. The second-order valence-electron chi connectivity index (χ2n) is 6.22. The maximum atomic E-state index is 6.23. The highest BCUT2D eigenvalue weighted by atomic mass is 15.1. The first-order chi connectivity index (χ1) is 8.53. The summed E-state index contributed by atoms with van der Waals surface area (Å²) in [6.45, 7) is 9.20. The molecule has 0 aliphatic carbocycles. The maximum Gasteiger partial charge on any atom is 0.0414 e. The molecule has 0 unspecified atom stereocenters. The Balaban J connectivity index is 2.19. The first kappa shape index (κ1) is 13.4. The fourth-order valence-corrected chi connectivity index (χ4v) is 2.66. The Kier molecular flexibility index (Phi) is 3.96. The molecule has 2 N–H and O–H groups in total. The van der Waals surface area contributed by atoms with Gasteiger partial charge in [0.1, 0.15) is 0 Å². The summed E-state index contributed by atoms with van der Waals surface area (Å²) in [5.74, 6) is 0. The average Bonchev–Trinajstić information content (AvgIpc) is 2.38. The van der Waals surface area contributed by atoms with Gasteiger partial charge in [0.05, 0.1) is 0 Å². The molecule has 0 bridgehead atoms. The zero-order chi connectivity index (χ0) is 13.2. The molecule has 0 amide bonds. The summed E-state index contributed by atoms with van der Waals surface area (Å²) in [6.07, 6.45) is 3.53. The Hall–Kier alpha value is -1.02. The predicted octanol–water partition coefficient (Wildman–Crippen LogP) is 3.72. The van der Waals surface area contributed by atoms with Gasteiger partial charge >= 0.3 is 0 Å².